The Morgan fingerprint density at radius 2 is 2.12 bits per heavy atom. The highest BCUT2D eigenvalue weighted by Gasteiger charge is 2.16. The van der Waals surface area contributed by atoms with Gasteiger partial charge in [-0.2, -0.15) is 0 Å². The molecule has 1 atom stereocenters. The fourth-order valence-electron chi connectivity index (χ4n) is 1.81. The first-order valence-corrected chi connectivity index (χ1v) is 5.79. The van der Waals surface area contributed by atoms with E-state index in [9.17, 15) is 4.79 Å². The minimum Gasteiger partial charge on any atom is -0.321 e. The molecule has 1 aromatic rings. The number of hydrogen-bond donors (Lipinski definition) is 1. The normalized spacial score (nSPS) is 15.7. The van der Waals surface area contributed by atoms with E-state index in [2.05, 4.69) is 4.99 Å². The van der Waals surface area contributed by atoms with E-state index in [4.69, 9.17) is 5.73 Å². The highest BCUT2D eigenvalue weighted by atomic mass is 16.1. The third kappa shape index (κ3) is 3.36. The lowest BCUT2D eigenvalue weighted by molar-refractivity contribution is -0.119. The molecule has 0 bridgehead atoms. The lowest BCUT2D eigenvalue weighted by atomic mass is 10.0. The number of benzene rings is 1. The van der Waals surface area contributed by atoms with Gasteiger partial charge in [0.15, 0.2) is 5.78 Å². The Morgan fingerprint density at radius 1 is 1.35 bits per heavy atom. The molecule has 1 aliphatic heterocycles. The Kier molecular flexibility index (Phi) is 3.83. The van der Waals surface area contributed by atoms with Gasteiger partial charge in [-0.1, -0.05) is 36.4 Å². The average molecular weight is 228 g/mol. The zero-order valence-corrected chi connectivity index (χ0v) is 9.67. The minimum absolute atomic E-state index is 0.0687. The lowest BCUT2D eigenvalue weighted by Gasteiger charge is -2.09. The van der Waals surface area contributed by atoms with Crippen molar-refractivity contribution in [3.63, 3.8) is 0 Å². The van der Waals surface area contributed by atoms with Crippen LogP contribution < -0.4 is 5.73 Å². The van der Waals surface area contributed by atoms with E-state index in [-0.39, 0.29) is 5.78 Å². The number of hydrogen-bond acceptors (Lipinski definition) is 3. The van der Waals surface area contributed by atoms with Crippen LogP contribution in [0.5, 0.6) is 0 Å². The van der Waals surface area contributed by atoms with Crippen LogP contribution in [-0.2, 0) is 11.2 Å². The first-order chi connectivity index (χ1) is 8.25. The number of rotatable bonds is 5. The number of carbonyl (C=O) groups is 1. The van der Waals surface area contributed by atoms with E-state index in [0.29, 0.717) is 12.8 Å². The van der Waals surface area contributed by atoms with Gasteiger partial charge >= 0.3 is 0 Å². The van der Waals surface area contributed by atoms with Crippen LogP contribution in [-0.4, -0.2) is 18.0 Å². The highest BCUT2D eigenvalue weighted by Crippen LogP contribution is 2.13. The molecule has 0 fully saturated rings. The third-order valence-corrected chi connectivity index (χ3v) is 2.78. The van der Waals surface area contributed by atoms with Crippen LogP contribution in [0.25, 0.3) is 0 Å². The van der Waals surface area contributed by atoms with E-state index >= 15 is 0 Å². The summed E-state index contributed by atoms with van der Waals surface area (Å²) >= 11 is 0. The van der Waals surface area contributed by atoms with Crippen LogP contribution in [0.15, 0.2) is 47.1 Å². The van der Waals surface area contributed by atoms with Gasteiger partial charge in [-0.05, 0) is 5.56 Å². The van der Waals surface area contributed by atoms with Gasteiger partial charge in [-0.25, -0.2) is 0 Å². The van der Waals surface area contributed by atoms with Crippen LogP contribution in [0.1, 0.15) is 18.4 Å². The molecule has 88 valence electrons. The SMILES string of the molecule is NC(CC1=CCC=N1)C(=O)Cc1ccccc1. The van der Waals surface area contributed by atoms with Crippen LogP contribution in [0.4, 0.5) is 0 Å². The van der Waals surface area contributed by atoms with Gasteiger partial charge in [0.05, 0.1) is 6.04 Å². The monoisotopic (exact) mass is 228 g/mol. The average Bonchev–Trinajstić information content (AvgIpc) is 2.83. The predicted octanol–water partition coefficient (Wildman–Crippen LogP) is 1.87. The lowest BCUT2D eigenvalue weighted by Crippen LogP contribution is -2.32. The predicted molar refractivity (Wildman–Crippen MR) is 68.9 cm³/mol. The van der Waals surface area contributed by atoms with Gasteiger partial charge in [0.25, 0.3) is 0 Å². The van der Waals surface area contributed by atoms with Gasteiger partial charge in [-0.3, -0.25) is 9.79 Å². The number of nitrogens with two attached hydrogens (primary N) is 1. The van der Waals surface area contributed by atoms with Crippen molar-refractivity contribution >= 4 is 12.0 Å². The van der Waals surface area contributed by atoms with Gasteiger partial charge in [-0.15, -0.1) is 0 Å². The van der Waals surface area contributed by atoms with Crippen molar-refractivity contribution in [3.8, 4) is 0 Å². The Labute approximate surface area is 101 Å². The fourth-order valence-corrected chi connectivity index (χ4v) is 1.81. The van der Waals surface area contributed by atoms with Crippen molar-refractivity contribution < 1.29 is 4.79 Å². The van der Waals surface area contributed by atoms with Crippen LogP contribution >= 0.6 is 0 Å². The molecule has 3 nitrogen and oxygen atoms in total. The van der Waals surface area contributed by atoms with Gasteiger partial charge in [0.2, 0.25) is 0 Å². The number of carbonyl (C=O) groups excluding carboxylic acids is 1. The summed E-state index contributed by atoms with van der Waals surface area (Å²) in [5, 5.41) is 0. The van der Waals surface area contributed by atoms with E-state index in [1.807, 2.05) is 42.6 Å². The van der Waals surface area contributed by atoms with Crippen molar-refractivity contribution in [2.45, 2.75) is 25.3 Å². The number of nitrogens with zero attached hydrogens (tertiary/aromatic N) is 1. The number of ketones is 1. The maximum absolute atomic E-state index is 11.9. The van der Waals surface area contributed by atoms with Crippen LogP contribution in [0.2, 0.25) is 0 Å². The molecule has 0 aliphatic carbocycles. The minimum atomic E-state index is -0.447. The van der Waals surface area contributed by atoms with Gasteiger partial charge in [0.1, 0.15) is 0 Å². The van der Waals surface area contributed by atoms with Crippen molar-refractivity contribution in [2.24, 2.45) is 10.7 Å². The summed E-state index contributed by atoms with van der Waals surface area (Å²) in [6, 6.07) is 9.23. The molecule has 2 rings (SSSR count). The fraction of sp³-hybridized carbons (Fsp3) is 0.286. The van der Waals surface area contributed by atoms with Crippen molar-refractivity contribution in [3.05, 3.63) is 47.7 Å². The Balaban J connectivity index is 1.89. The second kappa shape index (κ2) is 5.55. The second-order valence-electron chi connectivity index (χ2n) is 4.18. The summed E-state index contributed by atoms with van der Waals surface area (Å²) in [6.07, 6.45) is 5.65. The molecular weight excluding hydrogens is 212 g/mol. The van der Waals surface area contributed by atoms with Gasteiger partial charge in [0, 0.05) is 31.2 Å². The van der Waals surface area contributed by atoms with Crippen LogP contribution in [0, 0.1) is 0 Å². The molecule has 0 saturated heterocycles. The smallest absolute Gasteiger partial charge is 0.154 e. The van der Waals surface area contributed by atoms with E-state index in [1.54, 1.807) is 0 Å². The topological polar surface area (TPSA) is 55.4 Å². The van der Waals surface area contributed by atoms with E-state index in [1.165, 1.54) is 0 Å². The molecule has 17 heavy (non-hydrogen) atoms. The zero-order chi connectivity index (χ0) is 12.1. The molecule has 0 amide bonds. The molecule has 1 aliphatic rings. The molecule has 2 N–H and O–H groups in total. The summed E-state index contributed by atoms with van der Waals surface area (Å²) in [5.41, 5.74) is 7.82. The van der Waals surface area contributed by atoms with Gasteiger partial charge < -0.3 is 5.73 Å². The summed E-state index contributed by atoms with van der Waals surface area (Å²) < 4.78 is 0. The first kappa shape index (κ1) is 11.7. The van der Waals surface area contributed by atoms with E-state index in [0.717, 1.165) is 17.7 Å². The standard InChI is InChI=1S/C14H16N2O/c15-13(10-12-7-4-8-16-12)14(17)9-11-5-2-1-3-6-11/h1-3,5-8,13H,4,9-10,15H2. The summed E-state index contributed by atoms with van der Waals surface area (Å²) in [6.45, 7) is 0. The molecule has 3 heteroatoms. The summed E-state index contributed by atoms with van der Waals surface area (Å²) in [5.74, 6) is 0.0687. The molecular formula is C14H16N2O. The number of allylic oxidation sites excluding steroid dienone is 1. The Morgan fingerprint density at radius 3 is 2.76 bits per heavy atom. The molecule has 1 unspecified atom stereocenters. The van der Waals surface area contributed by atoms with Crippen molar-refractivity contribution in [1.29, 1.82) is 0 Å². The Bertz CT molecular complexity index is 449. The highest BCUT2D eigenvalue weighted by molar-refractivity contribution is 5.86. The van der Waals surface area contributed by atoms with Crippen molar-refractivity contribution in [1.82, 2.24) is 0 Å². The quantitative estimate of drug-likeness (QED) is 0.836. The second-order valence-corrected chi connectivity index (χ2v) is 4.18. The zero-order valence-electron chi connectivity index (χ0n) is 9.67. The molecule has 0 aromatic heterocycles. The van der Waals surface area contributed by atoms with E-state index < -0.39 is 6.04 Å². The molecule has 0 radical (unpaired) electrons. The third-order valence-electron chi connectivity index (χ3n) is 2.78. The van der Waals surface area contributed by atoms with Crippen LogP contribution in [0.3, 0.4) is 0 Å². The maximum atomic E-state index is 11.9. The molecule has 0 spiro atoms. The Hall–Kier alpha value is -1.74. The number of aliphatic imine (C=N–C) groups is 1. The largest absolute Gasteiger partial charge is 0.321 e. The summed E-state index contributed by atoms with van der Waals surface area (Å²) in [7, 11) is 0. The molecule has 1 heterocycles. The number of Topliss-reactive ketones (excluding diaryl/α,β-unsaturated/α-hetero) is 1. The molecule has 0 saturated carbocycles. The summed E-state index contributed by atoms with van der Waals surface area (Å²) in [4.78, 5) is 16.1. The maximum Gasteiger partial charge on any atom is 0.154 e. The molecule has 1 aromatic carbocycles. The van der Waals surface area contributed by atoms with Crippen molar-refractivity contribution in [2.75, 3.05) is 0 Å². The first-order valence-electron chi connectivity index (χ1n) is 5.79.